The van der Waals surface area contributed by atoms with Gasteiger partial charge in [0.05, 0.1) is 12.3 Å². The zero-order valence-electron chi connectivity index (χ0n) is 20.6. The molecular formula is C28H29ClN4O2S. The van der Waals surface area contributed by atoms with E-state index in [1.54, 1.807) is 24.3 Å². The van der Waals surface area contributed by atoms with E-state index in [-0.39, 0.29) is 18.3 Å². The number of nitrogens with one attached hydrogen (secondary N) is 1. The minimum absolute atomic E-state index is 0.129. The molecule has 4 aromatic rings. The van der Waals surface area contributed by atoms with Gasteiger partial charge in [-0.25, -0.2) is 0 Å². The van der Waals surface area contributed by atoms with Gasteiger partial charge in [0.2, 0.25) is 5.91 Å². The van der Waals surface area contributed by atoms with Crippen LogP contribution in [-0.2, 0) is 17.9 Å². The Kier molecular flexibility index (Phi) is 8.67. The van der Waals surface area contributed by atoms with Crippen molar-refractivity contribution < 1.29 is 9.53 Å². The Balaban J connectivity index is 1.50. The summed E-state index contributed by atoms with van der Waals surface area (Å²) >= 11 is 7.27. The Labute approximate surface area is 221 Å². The number of carbonyl (C=O) groups is 1. The largest absolute Gasteiger partial charge is 0.485 e. The lowest BCUT2D eigenvalue weighted by molar-refractivity contribution is -0.113. The molecule has 6 nitrogen and oxygen atoms in total. The standard InChI is InChI=1S/C28H29ClN4O2S/c1-19(2)24-14-9-20(3)15-25(24)35-17-26-31-32-28(33(26)16-21-7-5-4-6-8-21)36-18-27(34)30-23-12-10-22(29)11-13-23/h4-15,19H,16-18H2,1-3H3,(H,30,34). The van der Waals surface area contributed by atoms with Crippen molar-refractivity contribution in [3.8, 4) is 5.75 Å². The number of halogens is 1. The van der Waals surface area contributed by atoms with Gasteiger partial charge in [-0.3, -0.25) is 9.36 Å². The van der Waals surface area contributed by atoms with E-state index in [1.165, 1.54) is 11.8 Å². The Morgan fingerprint density at radius 3 is 2.53 bits per heavy atom. The van der Waals surface area contributed by atoms with E-state index in [0.717, 1.165) is 22.4 Å². The van der Waals surface area contributed by atoms with Gasteiger partial charge in [-0.05, 0) is 59.9 Å². The lowest BCUT2D eigenvalue weighted by atomic mass is 10.0. The number of ether oxygens (including phenoxy) is 1. The Bertz CT molecular complexity index is 1310. The van der Waals surface area contributed by atoms with Crippen LogP contribution in [0.5, 0.6) is 5.75 Å². The Hall–Kier alpha value is -3.29. The molecule has 0 saturated heterocycles. The normalized spacial score (nSPS) is 11.0. The van der Waals surface area contributed by atoms with E-state index in [0.29, 0.717) is 34.2 Å². The van der Waals surface area contributed by atoms with Gasteiger partial charge in [-0.2, -0.15) is 0 Å². The molecule has 0 atom stereocenters. The monoisotopic (exact) mass is 520 g/mol. The van der Waals surface area contributed by atoms with Crippen LogP contribution in [0.1, 0.15) is 42.3 Å². The average molecular weight is 521 g/mol. The highest BCUT2D eigenvalue weighted by molar-refractivity contribution is 7.99. The molecule has 0 fully saturated rings. The number of carbonyl (C=O) groups excluding carboxylic acids is 1. The fraction of sp³-hybridized carbons (Fsp3) is 0.250. The summed E-state index contributed by atoms with van der Waals surface area (Å²) in [4.78, 5) is 12.5. The number of benzene rings is 3. The Morgan fingerprint density at radius 2 is 1.81 bits per heavy atom. The number of hydrogen-bond donors (Lipinski definition) is 1. The maximum absolute atomic E-state index is 12.5. The van der Waals surface area contributed by atoms with Crippen molar-refractivity contribution in [1.29, 1.82) is 0 Å². The number of aryl methyl sites for hydroxylation is 1. The number of nitrogens with zero attached hydrogens (tertiary/aromatic N) is 3. The molecule has 1 amide bonds. The first-order chi connectivity index (χ1) is 17.4. The maximum Gasteiger partial charge on any atom is 0.234 e. The van der Waals surface area contributed by atoms with Crippen molar-refractivity contribution in [2.45, 2.75) is 45.0 Å². The van der Waals surface area contributed by atoms with E-state index in [2.05, 4.69) is 66.6 Å². The lowest BCUT2D eigenvalue weighted by Crippen LogP contribution is -2.15. The number of aromatic nitrogens is 3. The molecule has 0 bridgehead atoms. The Morgan fingerprint density at radius 1 is 1.06 bits per heavy atom. The van der Waals surface area contributed by atoms with Crippen molar-refractivity contribution in [1.82, 2.24) is 14.8 Å². The van der Waals surface area contributed by atoms with Gasteiger partial charge in [-0.15, -0.1) is 10.2 Å². The summed E-state index contributed by atoms with van der Waals surface area (Å²) in [6.07, 6.45) is 0. The zero-order chi connectivity index (χ0) is 25.5. The molecule has 0 saturated carbocycles. The van der Waals surface area contributed by atoms with E-state index in [1.807, 2.05) is 22.8 Å². The third-order valence-corrected chi connectivity index (χ3v) is 6.80. The first-order valence-electron chi connectivity index (χ1n) is 11.8. The maximum atomic E-state index is 12.5. The van der Waals surface area contributed by atoms with E-state index in [4.69, 9.17) is 16.3 Å². The predicted octanol–water partition coefficient (Wildman–Crippen LogP) is 6.72. The smallest absolute Gasteiger partial charge is 0.234 e. The minimum Gasteiger partial charge on any atom is -0.485 e. The van der Waals surface area contributed by atoms with Gasteiger partial charge in [0, 0.05) is 10.7 Å². The highest BCUT2D eigenvalue weighted by atomic mass is 35.5. The summed E-state index contributed by atoms with van der Waals surface area (Å²) in [5, 5.41) is 13.0. The summed E-state index contributed by atoms with van der Waals surface area (Å²) in [5.74, 6) is 1.97. The van der Waals surface area contributed by atoms with Crippen LogP contribution in [0.4, 0.5) is 5.69 Å². The van der Waals surface area contributed by atoms with Crippen LogP contribution in [0.3, 0.4) is 0 Å². The van der Waals surface area contributed by atoms with Crippen molar-refractivity contribution >= 4 is 35.0 Å². The van der Waals surface area contributed by atoms with E-state index in [9.17, 15) is 4.79 Å². The summed E-state index contributed by atoms with van der Waals surface area (Å²) in [5.41, 5.74) is 4.11. The number of thioether (sulfide) groups is 1. The summed E-state index contributed by atoms with van der Waals surface area (Å²) < 4.78 is 8.26. The number of anilines is 1. The summed E-state index contributed by atoms with van der Waals surface area (Å²) in [6, 6.07) is 23.4. The number of rotatable bonds is 10. The lowest BCUT2D eigenvalue weighted by Gasteiger charge is -2.15. The highest BCUT2D eigenvalue weighted by Gasteiger charge is 2.17. The fourth-order valence-electron chi connectivity index (χ4n) is 3.70. The topological polar surface area (TPSA) is 69.0 Å². The molecule has 186 valence electrons. The van der Waals surface area contributed by atoms with Gasteiger partial charge >= 0.3 is 0 Å². The third-order valence-electron chi connectivity index (χ3n) is 5.59. The quantitative estimate of drug-likeness (QED) is 0.235. The zero-order valence-corrected chi connectivity index (χ0v) is 22.1. The molecular weight excluding hydrogens is 492 g/mol. The molecule has 0 radical (unpaired) electrons. The molecule has 0 spiro atoms. The summed E-state index contributed by atoms with van der Waals surface area (Å²) in [6.45, 7) is 7.22. The van der Waals surface area contributed by atoms with Crippen LogP contribution < -0.4 is 10.1 Å². The van der Waals surface area contributed by atoms with Gasteiger partial charge in [0.1, 0.15) is 12.4 Å². The summed E-state index contributed by atoms with van der Waals surface area (Å²) in [7, 11) is 0. The molecule has 4 rings (SSSR count). The molecule has 1 heterocycles. The van der Waals surface area contributed by atoms with Crippen LogP contribution in [0.25, 0.3) is 0 Å². The van der Waals surface area contributed by atoms with Gasteiger partial charge in [-0.1, -0.05) is 79.7 Å². The van der Waals surface area contributed by atoms with Crippen LogP contribution in [-0.4, -0.2) is 26.4 Å². The van der Waals surface area contributed by atoms with Crippen molar-refractivity contribution in [2.75, 3.05) is 11.1 Å². The molecule has 0 aliphatic heterocycles. The van der Waals surface area contributed by atoms with Crippen LogP contribution in [0.15, 0.2) is 78.0 Å². The van der Waals surface area contributed by atoms with Crippen LogP contribution in [0.2, 0.25) is 5.02 Å². The SMILES string of the molecule is Cc1ccc(C(C)C)c(OCc2nnc(SCC(=O)Nc3ccc(Cl)cc3)n2Cc2ccccc2)c1. The molecule has 0 unspecified atom stereocenters. The van der Waals surface area contributed by atoms with Gasteiger partial charge < -0.3 is 10.1 Å². The first-order valence-corrected chi connectivity index (χ1v) is 13.1. The number of hydrogen-bond acceptors (Lipinski definition) is 5. The molecule has 8 heteroatoms. The molecule has 36 heavy (non-hydrogen) atoms. The van der Waals surface area contributed by atoms with Crippen molar-refractivity contribution in [2.24, 2.45) is 0 Å². The number of amides is 1. The highest BCUT2D eigenvalue weighted by Crippen LogP contribution is 2.28. The molecule has 1 aromatic heterocycles. The molecule has 0 aliphatic carbocycles. The van der Waals surface area contributed by atoms with Crippen molar-refractivity contribution in [3.63, 3.8) is 0 Å². The third kappa shape index (κ3) is 6.89. The van der Waals surface area contributed by atoms with Crippen LogP contribution >= 0.6 is 23.4 Å². The van der Waals surface area contributed by atoms with Crippen LogP contribution in [0, 0.1) is 6.92 Å². The second-order valence-corrected chi connectivity index (χ2v) is 10.2. The minimum atomic E-state index is -0.129. The van der Waals surface area contributed by atoms with Crippen molar-refractivity contribution in [3.05, 3.63) is 100 Å². The van der Waals surface area contributed by atoms with E-state index < -0.39 is 0 Å². The predicted molar refractivity (Wildman–Crippen MR) is 146 cm³/mol. The molecule has 1 N–H and O–H groups in total. The average Bonchev–Trinajstić information content (AvgIpc) is 3.24. The fourth-order valence-corrected chi connectivity index (χ4v) is 4.59. The van der Waals surface area contributed by atoms with Gasteiger partial charge in [0.15, 0.2) is 11.0 Å². The second-order valence-electron chi connectivity index (χ2n) is 8.80. The molecule has 0 aliphatic rings. The van der Waals surface area contributed by atoms with Gasteiger partial charge in [0.25, 0.3) is 0 Å². The second kappa shape index (κ2) is 12.1. The van der Waals surface area contributed by atoms with E-state index >= 15 is 0 Å². The first kappa shape index (κ1) is 25.8. The molecule has 3 aromatic carbocycles.